The van der Waals surface area contributed by atoms with Crippen LogP contribution in [0.4, 0.5) is 0 Å². The zero-order chi connectivity index (χ0) is 12.4. The second kappa shape index (κ2) is 4.77. The van der Waals surface area contributed by atoms with Crippen molar-refractivity contribution in [1.29, 1.82) is 0 Å². The van der Waals surface area contributed by atoms with Crippen LogP contribution in [0.5, 0.6) is 11.6 Å². The Morgan fingerprint density at radius 3 is 2.82 bits per heavy atom. The van der Waals surface area contributed by atoms with E-state index in [1.54, 1.807) is 12.1 Å². The lowest BCUT2D eigenvalue weighted by atomic mass is 10.2. The smallest absolute Gasteiger partial charge is 0.273 e. The highest BCUT2D eigenvalue weighted by molar-refractivity contribution is 6.32. The van der Waals surface area contributed by atoms with Gasteiger partial charge in [-0.2, -0.15) is 0 Å². The largest absolute Gasteiger partial charge is 0.436 e. The molecule has 1 heterocycles. The van der Waals surface area contributed by atoms with Crippen molar-refractivity contribution in [2.45, 2.75) is 6.92 Å². The van der Waals surface area contributed by atoms with Crippen molar-refractivity contribution in [2.24, 2.45) is 0 Å². The molecule has 4 nitrogen and oxygen atoms in total. The molecule has 0 fully saturated rings. The minimum atomic E-state index is -0.458. The summed E-state index contributed by atoms with van der Waals surface area (Å²) in [6.45, 7) is 1.91. The average Bonchev–Trinajstić information content (AvgIpc) is 2.28. The third kappa shape index (κ3) is 2.60. The fraction of sp³-hybridized carbons (Fsp3) is 0.0909. The molecule has 0 aliphatic carbocycles. The maximum atomic E-state index is 11.2. The molecule has 0 aliphatic rings. The quantitative estimate of drug-likeness (QED) is 0.912. The fourth-order valence-electron chi connectivity index (χ4n) is 1.23. The van der Waals surface area contributed by atoms with Crippen LogP contribution < -0.4 is 10.3 Å². The van der Waals surface area contributed by atoms with Gasteiger partial charge in [0.1, 0.15) is 5.75 Å². The van der Waals surface area contributed by atoms with Crippen molar-refractivity contribution >= 4 is 23.2 Å². The van der Waals surface area contributed by atoms with Crippen LogP contribution in [0.2, 0.25) is 10.0 Å². The van der Waals surface area contributed by atoms with Gasteiger partial charge < -0.3 is 9.72 Å². The SMILES string of the molecule is Cc1ccc(Oc2nc[nH]c(=O)c2Cl)c(Cl)c1. The number of hydrogen-bond acceptors (Lipinski definition) is 3. The predicted octanol–water partition coefficient (Wildman–Crippen LogP) is 3.18. The minimum Gasteiger partial charge on any atom is -0.436 e. The molecular weight excluding hydrogens is 263 g/mol. The molecular formula is C11H8Cl2N2O2. The Bertz CT molecular complexity index is 611. The molecule has 0 unspecified atom stereocenters. The zero-order valence-electron chi connectivity index (χ0n) is 8.83. The van der Waals surface area contributed by atoms with Gasteiger partial charge in [0.05, 0.1) is 11.3 Å². The molecule has 0 saturated carbocycles. The molecule has 0 radical (unpaired) electrons. The van der Waals surface area contributed by atoms with Crippen LogP contribution >= 0.6 is 23.2 Å². The van der Waals surface area contributed by atoms with E-state index in [0.29, 0.717) is 10.8 Å². The fourth-order valence-corrected chi connectivity index (χ4v) is 1.65. The third-order valence-corrected chi connectivity index (χ3v) is 2.69. The molecule has 1 aromatic carbocycles. The van der Waals surface area contributed by atoms with Gasteiger partial charge in [-0.05, 0) is 24.6 Å². The van der Waals surface area contributed by atoms with E-state index in [-0.39, 0.29) is 10.9 Å². The summed E-state index contributed by atoms with van der Waals surface area (Å²) in [7, 11) is 0. The van der Waals surface area contributed by atoms with Gasteiger partial charge in [-0.3, -0.25) is 4.79 Å². The molecule has 1 aromatic heterocycles. The Labute approximate surface area is 107 Å². The normalized spacial score (nSPS) is 10.3. The van der Waals surface area contributed by atoms with Gasteiger partial charge in [0.2, 0.25) is 5.88 Å². The number of halogens is 2. The van der Waals surface area contributed by atoms with E-state index in [9.17, 15) is 4.79 Å². The Morgan fingerprint density at radius 1 is 1.35 bits per heavy atom. The Hall–Kier alpha value is -1.52. The Kier molecular flexibility index (Phi) is 3.36. The van der Waals surface area contributed by atoms with Crippen molar-refractivity contribution in [3.63, 3.8) is 0 Å². The Morgan fingerprint density at radius 2 is 2.12 bits per heavy atom. The number of hydrogen-bond donors (Lipinski definition) is 1. The van der Waals surface area contributed by atoms with Gasteiger partial charge in [-0.1, -0.05) is 29.3 Å². The van der Waals surface area contributed by atoms with Crippen molar-refractivity contribution in [3.8, 4) is 11.6 Å². The molecule has 0 atom stereocenters. The number of nitrogens with zero attached hydrogens (tertiary/aromatic N) is 1. The molecule has 0 saturated heterocycles. The molecule has 88 valence electrons. The van der Waals surface area contributed by atoms with E-state index in [1.807, 2.05) is 13.0 Å². The first-order valence-corrected chi connectivity index (χ1v) is 5.50. The maximum Gasteiger partial charge on any atom is 0.273 e. The number of benzene rings is 1. The summed E-state index contributed by atoms with van der Waals surface area (Å²) in [5.41, 5.74) is 0.548. The summed E-state index contributed by atoms with van der Waals surface area (Å²) in [5.74, 6) is 0.429. The molecule has 2 rings (SSSR count). The van der Waals surface area contributed by atoms with Crippen molar-refractivity contribution < 1.29 is 4.74 Å². The van der Waals surface area contributed by atoms with E-state index in [2.05, 4.69) is 9.97 Å². The molecule has 0 aliphatic heterocycles. The lowest BCUT2D eigenvalue weighted by molar-refractivity contribution is 0.461. The van der Waals surface area contributed by atoms with Gasteiger partial charge in [0, 0.05) is 0 Å². The minimum absolute atomic E-state index is 0.0289. The van der Waals surface area contributed by atoms with E-state index >= 15 is 0 Å². The molecule has 0 amide bonds. The highest BCUT2D eigenvalue weighted by Crippen LogP contribution is 2.30. The van der Waals surface area contributed by atoms with Crippen molar-refractivity contribution in [1.82, 2.24) is 9.97 Å². The van der Waals surface area contributed by atoms with E-state index < -0.39 is 5.56 Å². The van der Waals surface area contributed by atoms with Gasteiger partial charge in [0.25, 0.3) is 5.56 Å². The number of nitrogens with one attached hydrogen (secondary N) is 1. The van der Waals surface area contributed by atoms with Gasteiger partial charge in [-0.15, -0.1) is 0 Å². The van der Waals surface area contributed by atoms with Gasteiger partial charge >= 0.3 is 0 Å². The predicted molar refractivity (Wildman–Crippen MR) is 66.1 cm³/mol. The molecule has 0 spiro atoms. The van der Waals surface area contributed by atoms with Gasteiger partial charge in [-0.25, -0.2) is 4.98 Å². The number of aryl methyl sites for hydroxylation is 1. The highest BCUT2D eigenvalue weighted by Gasteiger charge is 2.10. The number of aromatic amines is 1. The monoisotopic (exact) mass is 270 g/mol. The van der Waals surface area contributed by atoms with E-state index in [0.717, 1.165) is 5.56 Å². The summed E-state index contributed by atoms with van der Waals surface area (Å²) in [4.78, 5) is 17.4. The van der Waals surface area contributed by atoms with E-state index in [1.165, 1.54) is 6.33 Å². The zero-order valence-corrected chi connectivity index (χ0v) is 10.3. The molecule has 2 aromatic rings. The number of rotatable bonds is 2. The van der Waals surface area contributed by atoms with Crippen LogP contribution in [-0.2, 0) is 0 Å². The van der Waals surface area contributed by atoms with Crippen LogP contribution in [0.3, 0.4) is 0 Å². The third-order valence-electron chi connectivity index (χ3n) is 2.06. The lowest BCUT2D eigenvalue weighted by Crippen LogP contribution is -2.07. The molecule has 0 bridgehead atoms. The average molecular weight is 271 g/mol. The summed E-state index contributed by atoms with van der Waals surface area (Å²) in [5, 5.41) is 0.326. The number of ether oxygens (including phenoxy) is 1. The topological polar surface area (TPSA) is 55.0 Å². The second-order valence-electron chi connectivity index (χ2n) is 3.39. The van der Waals surface area contributed by atoms with Crippen molar-refractivity contribution in [3.05, 3.63) is 50.5 Å². The van der Waals surface area contributed by atoms with Crippen LogP contribution in [0, 0.1) is 6.92 Å². The summed E-state index contributed by atoms with van der Waals surface area (Å²) in [6.07, 6.45) is 1.21. The standard InChI is InChI=1S/C11H8Cl2N2O2/c1-6-2-3-8(7(12)4-6)17-11-9(13)10(16)14-5-15-11/h2-5H,1H3,(H,14,15,16). The first kappa shape index (κ1) is 12.0. The maximum absolute atomic E-state index is 11.2. The number of H-pyrrole nitrogens is 1. The van der Waals surface area contributed by atoms with Gasteiger partial charge in [0.15, 0.2) is 5.02 Å². The van der Waals surface area contributed by atoms with Crippen LogP contribution in [0.25, 0.3) is 0 Å². The summed E-state index contributed by atoms with van der Waals surface area (Å²) < 4.78 is 5.38. The lowest BCUT2D eigenvalue weighted by Gasteiger charge is -2.07. The first-order chi connectivity index (χ1) is 8.08. The van der Waals surface area contributed by atoms with Crippen LogP contribution in [0.1, 0.15) is 5.56 Å². The number of aromatic nitrogens is 2. The Balaban J connectivity index is 2.38. The first-order valence-electron chi connectivity index (χ1n) is 4.75. The molecule has 17 heavy (non-hydrogen) atoms. The second-order valence-corrected chi connectivity index (χ2v) is 4.17. The summed E-state index contributed by atoms with van der Waals surface area (Å²) >= 11 is 11.7. The van der Waals surface area contributed by atoms with Crippen LogP contribution in [0.15, 0.2) is 29.3 Å². The summed E-state index contributed by atoms with van der Waals surface area (Å²) in [6, 6.07) is 5.27. The molecule has 6 heteroatoms. The van der Waals surface area contributed by atoms with E-state index in [4.69, 9.17) is 27.9 Å². The highest BCUT2D eigenvalue weighted by atomic mass is 35.5. The van der Waals surface area contributed by atoms with Crippen molar-refractivity contribution in [2.75, 3.05) is 0 Å². The van der Waals surface area contributed by atoms with Crippen LogP contribution in [-0.4, -0.2) is 9.97 Å². The molecule has 1 N–H and O–H groups in total.